The third kappa shape index (κ3) is 7.40. The Morgan fingerprint density at radius 2 is 1.83 bits per heavy atom. The number of nitrogens with one attached hydrogen (secondary N) is 1. The van der Waals surface area contributed by atoms with Gasteiger partial charge in [0.25, 0.3) is 0 Å². The Balaban J connectivity index is 1.74. The van der Waals surface area contributed by atoms with E-state index in [9.17, 15) is 14.4 Å². The van der Waals surface area contributed by atoms with Crippen LogP contribution in [0.4, 0.5) is 0 Å². The summed E-state index contributed by atoms with van der Waals surface area (Å²) >= 11 is 0. The summed E-state index contributed by atoms with van der Waals surface area (Å²) in [6.45, 7) is 5.23. The molecule has 29 heavy (non-hydrogen) atoms. The molecule has 2 rings (SSSR count). The highest BCUT2D eigenvalue weighted by Crippen LogP contribution is 2.28. The monoisotopic (exact) mass is 404 g/mol. The summed E-state index contributed by atoms with van der Waals surface area (Å²) in [5.74, 6) is 1.44. The number of methoxy groups -OCH3 is 1. The fraction of sp³-hybridized carbons (Fsp3) is 0.591. The van der Waals surface area contributed by atoms with Crippen LogP contribution in [0.15, 0.2) is 18.2 Å². The molecule has 1 heterocycles. The van der Waals surface area contributed by atoms with Crippen LogP contribution in [0.3, 0.4) is 0 Å². The SMILES string of the molecule is CCOc1ccc(CCC(=O)NC2CCN(C(=O)CCC(C)=O)CC2)cc1OC. The van der Waals surface area contributed by atoms with Gasteiger partial charge in [0.2, 0.25) is 11.8 Å². The molecule has 0 radical (unpaired) electrons. The van der Waals surface area contributed by atoms with Crippen molar-refractivity contribution >= 4 is 17.6 Å². The van der Waals surface area contributed by atoms with E-state index in [1.54, 1.807) is 12.0 Å². The van der Waals surface area contributed by atoms with Gasteiger partial charge in [-0.3, -0.25) is 9.59 Å². The molecule has 0 aliphatic carbocycles. The maximum Gasteiger partial charge on any atom is 0.223 e. The summed E-state index contributed by atoms with van der Waals surface area (Å²) in [6, 6.07) is 5.82. The molecule has 0 spiro atoms. The van der Waals surface area contributed by atoms with Gasteiger partial charge in [0.15, 0.2) is 11.5 Å². The lowest BCUT2D eigenvalue weighted by molar-refractivity contribution is -0.134. The smallest absolute Gasteiger partial charge is 0.223 e. The average Bonchev–Trinajstić information content (AvgIpc) is 2.72. The normalized spacial score (nSPS) is 14.4. The molecule has 7 nitrogen and oxygen atoms in total. The maximum absolute atomic E-state index is 12.3. The number of piperidine rings is 1. The first kappa shape index (κ1) is 22.7. The van der Waals surface area contributed by atoms with E-state index in [0.29, 0.717) is 50.5 Å². The largest absolute Gasteiger partial charge is 0.493 e. The number of hydrogen-bond donors (Lipinski definition) is 1. The van der Waals surface area contributed by atoms with Crippen molar-refractivity contribution in [3.8, 4) is 11.5 Å². The van der Waals surface area contributed by atoms with Crippen LogP contribution in [-0.4, -0.2) is 55.3 Å². The van der Waals surface area contributed by atoms with Crippen molar-refractivity contribution in [2.45, 2.75) is 58.4 Å². The van der Waals surface area contributed by atoms with Crippen LogP contribution in [0.5, 0.6) is 11.5 Å². The summed E-state index contributed by atoms with van der Waals surface area (Å²) in [5.41, 5.74) is 1.02. The van der Waals surface area contributed by atoms with Crippen molar-refractivity contribution in [2.24, 2.45) is 0 Å². The van der Waals surface area contributed by atoms with Crippen molar-refractivity contribution in [3.63, 3.8) is 0 Å². The number of ketones is 1. The maximum atomic E-state index is 12.3. The summed E-state index contributed by atoms with van der Waals surface area (Å²) in [5, 5.41) is 3.07. The number of benzene rings is 1. The zero-order chi connectivity index (χ0) is 21.2. The molecule has 0 aromatic heterocycles. The van der Waals surface area contributed by atoms with Crippen LogP contribution in [-0.2, 0) is 20.8 Å². The van der Waals surface area contributed by atoms with Crippen molar-refractivity contribution in [1.29, 1.82) is 0 Å². The minimum Gasteiger partial charge on any atom is -0.493 e. The number of aryl methyl sites for hydroxylation is 1. The molecule has 160 valence electrons. The highest BCUT2D eigenvalue weighted by molar-refractivity contribution is 5.83. The minimum absolute atomic E-state index is 0.0132. The van der Waals surface area contributed by atoms with Gasteiger partial charge in [0, 0.05) is 38.4 Å². The molecule has 1 fully saturated rings. The number of ether oxygens (including phenoxy) is 2. The molecule has 1 aromatic rings. The second-order valence-electron chi connectivity index (χ2n) is 7.34. The summed E-state index contributed by atoms with van der Waals surface area (Å²) < 4.78 is 10.9. The van der Waals surface area contributed by atoms with E-state index in [-0.39, 0.29) is 30.1 Å². The molecule has 2 amide bonds. The van der Waals surface area contributed by atoms with Crippen molar-refractivity contribution < 1.29 is 23.9 Å². The fourth-order valence-corrected chi connectivity index (χ4v) is 3.41. The molecule has 0 saturated carbocycles. The highest BCUT2D eigenvalue weighted by Gasteiger charge is 2.23. The van der Waals surface area contributed by atoms with Gasteiger partial charge in [-0.15, -0.1) is 0 Å². The van der Waals surface area contributed by atoms with Gasteiger partial charge in [0.1, 0.15) is 5.78 Å². The zero-order valence-electron chi connectivity index (χ0n) is 17.7. The van der Waals surface area contributed by atoms with Gasteiger partial charge >= 0.3 is 0 Å². The predicted octanol–water partition coefficient (Wildman–Crippen LogP) is 2.50. The molecular weight excluding hydrogens is 372 g/mol. The molecular formula is C22H32N2O5. The number of carbonyl (C=O) groups excluding carboxylic acids is 3. The first-order valence-electron chi connectivity index (χ1n) is 10.3. The lowest BCUT2D eigenvalue weighted by atomic mass is 10.0. The second-order valence-corrected chi connectivity index (χ2v) is 7.34. The number of likely N-dealkylation sites (tertiary alicyclic amines) is 1. The average molecular weight is 405 g/mol. The van der Waals surface area contributed by atoms with E-state index in [2.05, 4.69) is 5.32 Å². The lowest BCUT2D eigenvalue weighted by Gasteiger charge is -2.32. The quantitative estimate of drug-likeness (QED) is 0.648. The first-order valence-corrected chi connectivity index (χ1v) is 10.3. The van der Waals surface area contributed by atoms with Crippen LogP contribution in [0.25, 0.3) is 0 Å². The lowest BCUT2D eigenvalue weighted by Crippen LogP contribution is -2.46. The number of rotatable bonds is 10. The summed E-state index contributed by atoms with van der Waals surface area (Å²) in [4.78, 5) is 37.2. The van der Waals surface area contributed by atoms with E-state index in [4.69, 9.17) is 9.47 Å². The van der Waals surface area contributed by atoms with E-state index in [1.807, 2.05) is 25.1 Å². The van der Waals surface area contributed by atoms with E-state index >= 15 is 0 Å². The van der Waals surface area contributed by atoms with Crippen LogP contribution >= 0.6 is 0 Å². The number of Topliss-reactive ketones (excluding diaryl/α,β-unsaturated/α-hetero) is 1. The Hall–Kier alpha value is -2.57. The second kappa shape index (κ2) is 11.4. The topological polar surface area (TPSA) is 84.9 Å². The Morgan fingerprint density at radius 3 is 2.45 bits per heavy atom. The third-order valence-corrected chi connectivity index (χ3v) is 5.07. The predicted molar refractivity (Wildman–Crippen MR) is 110 cm³/mol. The van der Waals surface area contributed by atoms with Gasteiger partial charge in [-0.05, 0) is 50.8 Å². The first-order chi connectivity index (χ1) is 13.9. The van der Waals surface area contributed by atoms with Gasteiger partial charge in [-0.1, -0.05) is 6.07 Å². The molecule has 1 N–H and O–H groups in total. The Labute approximate surface area is 172 Å². The van der Waals surface area contributed by atoms with Gasteiger partial charge < -0.3 is 24.5 Å². The van der Waals surface area contributed by atoms with Gasteiger partial charge in [-0.2, -0.15) is 0 Å². The van der Waals surface area contributed by atoms with Crippen LogP contribution in [0.2, 0.25) is 0 Å². The van der Waals surface area contributed by atoms with Gasteiger partial charge in [-0.25, -0.2) is 0 Å². The minimum atomic E-state index is 0.0132. The molecule has 0 bridgehead atoms. The number of hydrogen-bond acceptors (Lipinski definition) is 5. The zero-order valence-corrected chi connectivity index (χ0v) is 17.7. The highest BCUT2D eigenvalue weighted by atomic mass is 16.5. The van der Waals surface area contributed by atoms with Gasteiger partial charge in [0.05, 0.1) is 13.7 Å². The molecule has 1 saturated heterocycles. The summed E-state index contributed by atoms with van der Waals surface area (Å²) in [7, 11) is 1.60. The van der Waals surface area contributed by atoms with E-state index in [0.717, 1.165) is 18.4 Å². The Bertz CT molecular complexity index is 711. The number of amides is 2. The molecule has 0 unspecified atom stereocenters. The van der Waals surface area contributed by atoms with Crippen molar-refractivity contribution in [2.75, 3.05) is 26.8 Å². The van der Waals surface area contributed by atoms with E-state index in [1.165, 1.54) is 6.92 Å². The van der Waals surface area contributed by atoms with E-state index < -0.39 is 0 Å². The van der Waals surface area contributed by atoms with Crippen molar-refractivity contribution in [1.82, 2.24) is 10.2 Å². The van der Waals surface area contributed by atoms with Crippen LogP contribution in [0, 0.1) is 0 Å². The molecule has 1 aliphatic rings. The number of carbonyl (C=O) groups is 3. The Morgan fingerprint density at radius 1 is 1.10 bits per heavy atom. The standard InChI is InChI=1S/C22H32N2O5/c1-4-29-19-8-6-17(15-20(19)28-3)7-9-21(26)23-18-11-13-24(14-12-18)22(27)10-5-16(2)25/h6,8,15,18H,4-5,7,9-14H2,1-3H3,(H,23,26). The molecule has 0 atom stereocenters. The fourth-order valence-electron chi connectivity index (χ4n) is 3.41. The molecule has 1 aliphatic heterocycles. The molecule has 7 heteroatoms. The molecule has 1 aromatic carbocycles. The Kier molecular flexibility index (Phi) is 8.96. The van der Waals surface area contributed by atoms with Crippen molar-refractivity contribution in [3.05, 3.63) is 23.8 Å². The number of nitrogens with zero attached hydrogens (tertiary/aromatic N) is 1. The van der Waals surface area contributed by atoms with Crippen LogP contribution in [0.1, 0.15) is 51.5 Å². The summed E-state index contributed by atoms with van der Waals surface area (Å²) in [6.07, 6.45) is 3.08. The van der Waals surface area contributed by atoms with Crippen LogP contribution < -0.4 is 14.8 Å². The third-order valence-electron chi connectivity index (χ3n) is 5.07.